The number of benzene rings is 1. The first-order valence-corrected chi connectivity index (χ1v) is 4.59. The van der Waals surface area contributed by atoms with E-state index in [9.17, 15) is 0 Å². The molecule has 1 aromatic carbocycles. The Morgan fingerprint density at radius 1 is 1.08 bits per heavy atom. The third-order valence-electron chi connectivity index (χ3n) is 2.54. The zero-order valence-corrected chi connectivity index (χ0v) is 8.59. The molecule has 1 atom stereocenters. The molecular formula is C11H18N2. The topological polar surface area (TPSA) is 52.0 Å². The van der Waals surface area contributed by atoms with Gasteiger partial charge in [-0.15, -0.1) is 0 Å². The number of nitrogens with two attached hydrogens (primary N) is 2. The van der Waals surface area contributed by atoms with Gasteiger partial charge in [0.05, 0.1) is 0 Å². The van der Waals surface area contributed by atoms with E-state index in [0.29, 0.717) is 6.54 Å². The number of hydrogen-bond acceptors (Lipinski definition) is 2. The van der Waals surface area contributed by atoms with Crippen LogP contribution in [0.1, 0.15) is 28.3 Å². The van der Waals surface area contributed by atoms with Crippen LogP contribution in [0.2, 0.25) is 0 Å². The molecular weight excluding hydrogens is 160 g/mol. The largest absolute Gasteiger partial charge is 0.329 e. The lowest BCUT2D eigenvalue weighted by Crippen LogP contribution is -2.21. The van der Waals surface area contributed by atoms with Gasteiger partial charge in [-0.2, -0.15) is 0 Å². The molecule has 0 heterocycles. The summed E-state index contributed by atoms with van der Waals surface area (Å²) in [6.07, 6.45) is 0. The molecule has 1 aromatic rings. The molecule has 0 saturated heterocycles. The van der Waals surface area contributed by atoms with Gasteiger partial charge in [-0.25, -0.2) is 0 Å². The molecule has 0 radical (unpaired) electrons. The Morgan fingerprint density at radius 2 is 1.62 bits per heavy atom. The standard InChI is InChI=1S/C11H18N2/c1-7-4-9(3)10(5-8(7)2)11(13)6-12/h4-5,11H,6,12-13H2,1-3H3/t11-/m1/s1. The lowest BCUT2D eigenvalue weighted by molar-refractivity contribution is 0.730. The van der Waals surface area contributed by atoms with Crippen molar-refractivity contribution >= 4 is 0 Å². The van der Waals surface area contributed by atoms with Gasteiger partial charge in [-0.1, -0.05) is 12.1 Å². The van der Waals surface area contributed by atoms with Crippen LogP contribution >= 0.6 is 0 Å². The minimum Gasteiger partial charge on any atom is -0.329 e. The van der Waals surface area contributed by atoms with Crippen LogP contribution in [0.4, 0.5) is 0 Å². The first-order chi connectivity index (χ1) is 6.06. The van der Waals surface area contributed by atoms with E-state index in [1.165, 1.54) is 22.3 Å². The van der Waals surface area contributed by atoms with Crippen molar-refractivity contribution in [3.63, 3.8) is 0 Å². The third-order valence-corrected chi connectivity index (χ3v) is 2.54. The Kier molecular flexibility index (Phi) is 3.07. The SMILES string of the molecule is Cc1cc(C)c([C@H](N)CN)cc1C. The van der Waals surface area contributed by atoms with Gasteiger partial charge < -0.3 is 11.5 Å². The summed E-state index contributed by atoms with van der Waals surface area (Å²) in [4.78, 5) is 0. The predicted octanol–water partition coefficient (Wildman–Crippen LogP) is 1.57. The second kappa shape index (κ2) is 3.90. The molecule has 0 spiro atoms. The fraction of sp³-hybridized carbons (Fsp3) is 0.455. The minimum absolute atomic E-state index is 0.0284. The highest BCUT2D eigenvalue weighted by atomic mass is 14.7. The maximum atomic E-state index is 5.89. The molecule has 72 valence electrons. The molecule has 0 aromatic heterocycles. The van der Waals surface area contributed by atoms with E-state index < -0.39 is 0 Å². The quantitative estimate of drug-likeness (QED) is 0.722. The van der Waals surface area contributed by atoms with Gasteiger partial charge in [0.15, 0.2) is 0 Å². The van der Waals surface area contributed by atoms with E-state index in [2.05, 4.69) is 32.9 Å². The molecule has 13 heavy (non-hydrogen) atoms. The van der Waals surface area contributed by atoms with Crippen LogP contribution in [-0.4, -0.2) is 6.54 Å². The van der Waals surface area contributed by atoms with Gasteiger partial charge in [-0.05, 0) is 43.0 Å². The summed E-state index contributed by atoms with van der Waals surface area (Å²) in [5.74, 6) is 0. The van der Waals surface area contributed by atoms with E-state index in [-0.39, 0.29) is 6.04 Å². The van der Waals surface area contributed by atoms with Crippen molar-refractivity contribution in [1.29, 1.82) is 0 Å². The zero-order valence-electron chi connectivity index (χ0n) is 8.59. The van der Waals surface area contributed by atoms with Crippen molar-refractivity contribution < 1.29 is 0 Å². The molecule has 0 amide bonds. The van der Waals surface area contributed by atoms with Gasteiger partial charge >= 0.3 is 0 Å². The Labute approximate surface area is 79.9 Å². The lowest BCUT2D eigenvalue weighted by Gasteiger charge is -2.14. The molecule has 0 bridgehead atoms. The average molecular weight is 178 g/mol. The fourth-order valence-electron chi connectivity index (χ4n) is 1.51. The smallest absolute Gasteiger partial charge is 0.0422 e. The normalized spacial score (nSPS) is 13.0. The average Bonchev–Trinajstić information content (AvgIpc) is 2.10. The second-order valence-electron chi connectivity index (χ2n) is 3.64. The summed E-state index contributed by atoms with van der Waals surface area (Å²) in [6, 6.07) is 4.28. The monoisotopic (exact) mass is 178 g/mol. The van der Waals surface area contributed by atoms with Gasteiger partial charge in [-0.3, -0.25) is 0 Å². The van der Waals surface area contributed by atoms with Gasteiger partial charge in [0.1, 0.15) is 0 Å². The van der Waals surface area contributed by atoms with E-state index in [4.69, 9.17) is 11.5 Å². The molecule has 0 aliphatic rings. The molecule has 2 heteroatoms. The number of rotatable bonds is 2. The van der Waals surface area contributed by atoms with Crippen LogP contribution in [0, 0.1) is 20.8 Å². The van der Waals surface area contributed by atoms with E-state index in [1.54, 1.807) is 0 Å². The molecule has 0 unspecified atom stereocenters. The Hall–Kier alpha value is -0.860. The van der Waals surface area contributed by atoms with Crippen LogP contribution in [0.5, 0.6) is 0 Å². The molecule has 0 aliphatic carbocycles. The molecule has 0 fully saturated rings. The number of hydrogen-bond donors (Lipinski definition) is 2. The summed E-state index contributed by atoms with van der Waals surface area (Å²) in [7, 11) is 0. The molecule has 4 N–H and O–H groups in total. The summed E-state index contributed by atoms with van der Waals surface area (Å²) in [5.41, 5.74) is 16.4. The van der Waals surface area contributed by atoms with Crippen molar-refractivity contribution in [1.82, 2.24) is 0 Å². The summed E-state index contributed by atoms with van der Waals surface area (Å²) in [5, 5.41) is 0. The summed E-state index contributed by atoms with van der Waals surface area (Å²) >= 11 is 0. The van der Waals surface area contributed by atoms with E-state index in [1.807, 2.05) is 0 Å². The van der Waals surface area contributed by atoms with E-state index in [0.717, 1.165) is 0 Å². The van der Waals surface area contributed by atoms with Crippen molar-refractivity contribution in [2.75, 3.05) is 6.54 Å². The third kappa shape index (κ3) is 2.08. The van der Waals surface area contributed by atoms with Crippen molar-refractivity contribution in [2.24, 2.45) is 11.5 Å². The highest BCUT2D eigenvalue weighted by molar-refractivity contribution is 5.38. The Morgan fingerprint density at radius 3 is 2.15 bits per heavy atom. The molecule has 1 rings (SSSR count). The maximum absolute atomic E-state index is 5.89. The Bertz CT molecular complexity index is 305. The first kappa shape index (κ1) is 10.2. The molecule has 0 aliphatic heterocycles. The molecule has 2 nitrogen and oxygen atoms in total. The van der Waals surface area contributed by atoms with Gasteiger partial charge in [0.25, 0.3) is 0 Å². The second-order valence-corrected chi connectivity index (χ2v) is 3.64. The first-order valence-electron chi connectivity index (χ1n) is 4.59. The fourth-order valence-corrected chi connectivity index (χ4v) is 1.51. The highest BCUT2D eigenvalue weighted by Crippen LogP contribution is 2.19. The lowest BCUT2D eigenvalue weighted by atomic mass is 9.96. The van der Waals surface area contributed by atoms with Crippen molar-refractivity contribution in [3.8, 4) is 0 Å². The van der Waals surface area contributed by atoms with Crippen LogP contribution in [0.15, 0.2) is 12.1 Å². The summed E-state index contributed by atoms with van der Waals surface area (Å²) < 4.78 is 0. The van der Waals surface area contributed by atoms with Crippen molar-refractivity contribution in [3.05, 3.63) is 34.4 Å². The zero-order chi connectivity index (χ0) is 10.0. The molecule has 0 saturated carbocycles. The Balaban J connectivity index is 3.15. The van der Waals surface area contributed by atoms with Crippen LogP contribution in [0.3, 0.4) is 0 Å². The minimum atomic E-state index is -0.0284. The number of aryl methyl sites for hydroxylation is 3. The van der Waals surface area contributed by atoms with Crippen LogP contribution in [0.25, 0.3) is 0 Å². The predicted molar refractivity (Wildman–Crippen MR) is 56.6 cm³/mol. The van der Waals surface area contributed by atoms with E-state index >= 15 is 0 Å². The van der Waals surface area contributed by atoms with Crippen LogP contribution < -0.4 is 11.5 Å². The highest BCUT2D eigenvalue weighted by Gasteiger charge is 2.08. The maximum Gasteiger partial charge on any atom is 0.0422 e. The van der Waals surface area contributed by atoms with Crippen molar-refractivity contribution in [2.45, 2.75) is 26.8 Å². The van der Waals surface area contributed by atoms with Gasteiger partial charge in [0, 0.05) is 12.6 Å². The van der Waals surface area contributed by atoms with Crippen LogP contribution in [-0.2, 0) is 0 Å². The summed E-state index contributed by atoms with van der Waals surface area (Å²) in [6.45, 7) is 6.79. The van der Waals surface area contributed by atoms with Gasteiger partial charge in [0.2, 0.25) is 0 Å².